The lowest BCUT2D eigenvalue weighted by Gasteiger charge is -2.05. The fraction of sp³-hybridized carbons (Fsp3) is 0.133. The smallest absolute Gasteiger partial charge is 0.167 e. The molecule has 0 heterocycles. The maximum Gasteiger partial charge on any atom is 0.167 e. The van der Waals surface area contributed by atoms with Crippen molar-refractivity contribution in [2.45, 2.75) is 13.3 Å². The van der Waals surface area contributed by atoms with Gasteiger partial charge in [0.25, 0.3) is 0 Å². The second-order valence-corrected chi connectivity index (χ2v) is 5.13. The molecule has 0 N–H and O–H groups in total. The van der Waals surface area contributed by atoms with Crippen molar-refractivity contribution in [3.63, 3.8) is 0 Å². The van der Waals surface area contributed by atoms with Gasteiger partial charge in [0.1, 0.15) is 0 Å². The molecule has 0 aliphatic heterocycles. The summed E-state index contributed by atoms with van der Waals surface area (Å²) in [5, 5.41) is 0. The van der Waals surface area contributed by atoms with Crippen LogP contribution in [0.1, 0.15) is 21.5 Å². The summed E-state index contributed by atoms with van der Waals surface area (Å²) in [7, 11) is 0. The molecule has 0 spiro atoms. The zero-order valence-electron chi connectivity index (χ0n) is 10.2. The van der Waals surface area contributed by atoms with Gasteiger partial charge in [0, 0.05) is 16.5 Å². The summed E-state index contributed by atoms with van der Waals surface area (Å²) >= 11 is 3.35. The van der Waals surface area contributed by atoms with Gasteiger partial charge in [-0.05, 0) is 36.2 Å². The molecule has 2 rings (SSSR count). The van der Waals surface area contributed by atoms with Crippen molar-refractivity contribution in [1.82, 2.24) is 0 Å². The number of rotatable bonds is 3. The number of halogens is 3. The highest BCUT2D eigenvalue weighted by Crippen LogP contribution is 2.19. The van der Waals surface area contributed by atoms with Gasteiger partial charge < -0.3 is 0 Å². The Hall–Kier alpha value is -1.55. The third-order valence-corrected chi connectivity index (χ3v) is 3.75. The van der Waals surface area contributed by atoms with Crippen LogP contribution in [-0.4, -0.2) is 5.78 Å². The van der Waals surface area contributed by atoms with Gasteiger partial charge in [0.05, 0.1) is 0 Å². The van der Waals surface area contributed by atoms with E-state index in [0.717, 1.165) is 16.1 Å². The minimum Gasteiger partial charge on any atom is -0.294 e. The van der Waals surface area contributed by atoms with Crippen LogP contribution in [-0.2, 0) is 6.42 Å². The van der Waals surface area contributed by atoms with Crippen molar-refractivity contribution in [1.29, 1.82) is 0 Å². The first kappa shape index (κ1) is 13.9. The number of Topliss-reactive ketones (excluding diaryl/α,β-unsaturated/α-hetero) is 1. The minimum absolute atomic E-state index is 0.0746. The minimum atomic E-state index is -0.954. The highest BCUT2D eigenvalue weighted by Gasteiger charge is 2.13. The van der Waals surface area contributed by atoms with Crippen LogP contribution in [0.25, 0.3) is 0 Å². The Morgan fingerprint density at radius 3 is 2.63 bits per heavy atom. The first-order chi connectivity index (χ1) is 8.99. The summed E-state index contributed by atoms with van der Waals surface area (Å²) in [5.74, 6) is -2.12. The van der Waals surface area contributed by atoms with Gasteiger partial charge in [-0.3, -0.25) is 4.79 Å². The molecule has 2 aromatic carbocycles. The number of benzene rings is 2. The van der Waals surface area contributed by atoms with E-state index in [0.29, 0.717) is 5.56 Å². The van der Waals surface area contributed by atoms with Gasteiger partial charge in [-0.1, -0.05) is 34.1 Å². The second kappa shape index (κ2) is 5.61. The molecular weight excluding hydrogens is 314 g/mol. The normalized spacial score (nSPS) is 10.5. The van der Waals surface area contributed by atoms with E-state index in [2.05, 4.69) is 15.9 Å². The van der Waals surface area contributed by atoms with Crippen molar-refractivity contribution >= 4 is 21.7 Å². The zero-order chi connectivity index (χ0) is 14.0. The van der Waals surface area contributed by atoms with Crippen molar-refractivity contribution in [3.05, 3.63) is 69.2 Å². The first-order valence-corrected chi connectivity index (χ1v) is 6.50. The predicted octanol–water partition coefficient (Wildman–Crippen LogP) is 4.46. The third-order valence-electron chi connectivity index (χ3n) is 2.86. The Labute approximate surface area is 118 Å². The molecule has 2 aromatic rings. The number of hydrogen-bond donors (Lipinski definition) is 0. The molecule has 1 nitrogen and oxygen atoms in total. The summed E-state index contributed by atoms with van der Waals surface area (Å²) in [4.78, 5) is 12.0. The molecule has 0 atom stereocenters. The van der Waals surface area contributed by atoms with Crippen LogP contribution in [0.5, 0.6) is 0 Å². The van der Waals surface area contributed by atoms with E-state index in [9.17, 15) is 13.6 Å². The molecule has 0 bridgehead atoms. The maximum absolute atomic E-state index is 13.5. The van der Waals surface area contributed by atoms with Crippen LogP contribution in [0.2, 0.25) is 0 Å². The van der Waals surface area contributed by atoms with Crippen LogP contribution in [0.3, 0.4) is 0 Å². The monoisotopic (exact) mass is 324 g/mol. The second-order valence-electron chi connectivity index (χ2n) is 4.28. The lowest BCUT2D eigenvalue weighted by Crippen LogP contribution is -2.06. The molecule has 0 fully saturated rings. The van der Waals surface area contributed by atoms with Gasteiger partial charge in [-0.15, -0.1) is 0 Å². The topological polar surface area (TPSA) is 17.1 Å². The predicted molar refractivity (Wildman–Crippen MR) is 73.3 cm³/mol. The summed E-state index contributed by atoms with van der Waals surface area (Å²) in [6.07, 6.45) is -0.148. The van der Waals surface area contributed by atoms with Gasteiger partial charge in [-0.25, -0.2) is 8.78 Å². The number of aryl methyl sites for hydroxylation is 1. The molecule has 0 amide bonds. The summed E-state index contributed by atoms with van der Waals surface area (Å²) in [6, 6.07) is 9.01. The molecule has 19 heavy (non-hydrogen) atoms. The molecule has 98 valence electrons. The lowest BCUT2D eigenvalue weighted by atomic mass is 10.0. The third kappa shape index (κ3) is 3.07. The fourth-order valence-corrected chi connectivity index (χ4v) is 2.02. The Kier molecular flexibility index (Phi) is 4.10. The molecule has 4 heteroatoms. The average Bonchev–Trinajstić information content (AvgIpc) is 2.38. The van der Waals surface area contributed by atoms with Gasteiger partial charge >= 0.3 is 0 Å². The van der Waals surface area contributed by atoms with E-state index < -0.39 is 11.6 Å². The highest BCUT2D eigenvalue weighted by atomic mass is 79.9. The Balaban J connectivity index is 2.26. The molecule has 0 radical (unpaired) electrons. The summed E-state index contributed by atoms with van der Waals surface area (Å²) < 4.78 is 27.4. The van der Waals surface area contributed by atoms with Crippen molar-refractivity contribution in [2.75, 3.05) is 0 Å². The molecule has 0 aliphatic carbocycles. The van der Waals surface area contributed by atoms with Crippen molar-refractivity contribution in [2.24, 2.45) is 0 Å². The maximum atomic E-state index is 13.5. The number of hydrogen-bond acceptors (Lipinski definition) is 1. The van der Waals surface area contributed by atoms with E-state index in [1.54, 1.807) is 18.2 Å². The molecule has 0 saturated heterocycles. The standard InChI is InChI=1S/C15H11BrF2O/c1-9-7-10(5-6-12(9)16)14(19)8-11-3-2-4-13(17)15(11)18/h2-7H,8H2,1H3. The average molecular weight is 325 g/mol. The van der Waals surface area contributed by atoms with E-state index in [-0.39, 0.29) is 17.8 Å². The number of carbonyl (C=O) groups is 1. The van der Waals surface area contributed by atoms with Crippen LogP contribution in [0.15, 0.2) is 40.9 Å². The van der Waals surface area contributed by atoms with E-state index in [1.165, 1.54) is 12.1 Å². The molecule has 0 aliphatic rings. The number of carbonyl (C=O) groups excluding carboxylic acids is 1. The lowest BCUT2D eigenvalue weighted by molar-refractivity contribution is 0.0991. The van der Waals surface area contributed by atoms with Gasteiger partial charge in [0.2, 0.25) is 0 Å². The van der Waals surface area contributed by atoms with Gasteiger partial charge in [-0.2, -0.15) is 0 Å². The SMILES string of the molecule is Cc1cc(C(=O)Cc2cccc(F)c2F)ccc1Br. The Bertz CT molecular complexity index is 638. The van der Waals surface area contributed by atoms with Crippen LogP contribution in [0, 0.1) is 18.6 Å². The first-order valence-electron chi connectivity index (χ1n) is 5.71. The quantitative estimate of drug-likeness (QED) is 0.762. The largest absolute Gasteiger partial charge is 0.294 e. The summed E-state index contributed by atoms with van der Waals surface area (Å²) in [6.45, 7) is 1.86. The molecule has 0 aromatic heterocycles. The van der Waals surface area contributed by atoms with Crippen LogP contribution >= 0.6 is 15.9 Å². The van der Waals surface area contributed by atoms with Gasteiger partial charge in [0.15, 0.2) is 17.4 Å². The number of ketones is 1. The molecular formula is C15H11BrF2O. The van der Waals surface area contributed by atoms with E-state index in [4.69, 9.17) is 0 Å². The summed E-state index contributed by atoms with van der Waals surface area (Å²) in [5.41, 5.74) is 1.49. The highest BCUT2D eigenvalue weighted by molar-refractivity contribution is 9.10. The van der Waals surface area contributed by atoms with Crippen LogP contribution < -0.4 is 0 Å². The Morgan fingerprint density at radius 2 is 1.95 bits per heavy atom. The molecule has 0 saturated carbocycles. The zero-order valence-corrected chi connectivity index (χ0v) is 11.8. The van der Waals surface area contributed by atoms with E-state index >= 15 is 0 Å². The van der Waals surface area contributed by atoms with Crippen molar-refractivity contribution < 1.29 is 13.6 Å². The van der Waals surface area contributed by atoms with Crippen molar-refractivity contribution in [3.8, 4) is 0 Å². The Morgan fingerprint density at radius 1 is 1.21 bits per heavy atom. The van der Waals surface area contributed by atoms with E-state index in [1.807, 2.05) is 6.92 Å². The fourth-order valence-electron chi connectivity index (χ4n) is 1.78. The molecule has 0 unspecified atom stereocenters. The van der Waals surface area contributed by atoms with Crippen LogP contribution in [0.4, 0.5) is 8.78 Å².